The minimum atomic E-state index is -1.14. The summed E-state index contributed by atoms with van der Waals surface area (Å²) in [7, 11) is 1.20. The predicted octanol–water partition coefficient (Wildman–Crippen LogP) is 1.45. The number of benzene rings is 1. The maximum absolute atomic E-state index is 13.5. The van der Waals surface area contributed by atoms with E-state index < -0.39 is 11.6 Å². The molecule has 0 unspecified atom stereocenters. The minimum Gasteiger partial charge on any atom is -0.493 e. The van der Waals surface area contributed by atoms with Gasteiger partial charge in [0.05, 0.1) is 25.9 Å². The Kier molecular flexibility index (Phi) is 3.76. The number of methoxy groups -OCH3 is 1. The van der Waals surface area contributed by atoms with Crippen LogP contribution in [0.15, 0.2) is 12.1 Å². The number of ether oxygens (including phenoxy) is 2. The molecule has 18 heavy (non-hydrogen) atoms. The lowest BCUT2D eigenvalue weighted by Crippen LogP contribution is -2.40. The Hall–Kier alpha value is -1.69. The molecule has 98 valence electrons. The lowest BCUT2D eigenvalue weighted by atomic mass is 10.1. The molecule has 0 aromatic heterocycles. The molecular weight excluding hydrogens is 244 g/mol. The Morgan fingerprint density at radius 3 is 2.61 bits per heavy atom. The average molecular weight is 257 g/mol. The summed E-state index contributed by atoms with van der Waals surface area (Å²) in [4.78, 5) is 13.7. The van der Waals surface area contributed by atoms with Crippen LogP contribution in [0.5, 0.6) is 5.75 Å². The van der Waals surface area contributed by atoms with E-state index in [1.165, 1.54) is 18.1 Å². The molecule has 1 amide bonds. The Morgan fingerprint density at radius 1 is 1.33 bits per heavy atom. The van der Waals surface area contributed by atoms with Crippen LogP contribution >= 0.6 is 0 Å². The lowest BCUT2D eigenvalue weighted by Gasteiger charge is -2.27. The monoisotopic (exact) mass is 257 g/mol. The second kappa shape index (κ2) is 5.30. The second-order valence-corrected chi connectivity index (χ2v) is 3.85. The van der Waals surface area contributed by atoms with Crippen molar-refractivity contribution in [2.24, 2.45) is 0 Å². The molecule has 0 saturated carbocycles. The zero-order valence-electron chi connectivity index (χ0n) is 9.91. The molecule has 0 bridgehead atoms. The standard InChI is InChI=1S/C12H13F2NO3/c1-17-11-8(2-3-9(13)10(11)14)12(16)15-4-6-18-7-5-15/h2-3H,4-7H2,1H3. The largest absolute Gasteiger partial charge is 0.493 e. The van der Waals surface area contributed by atoms with Gasteiger partial charge in [-0.25, -0.2) is 4.39 Å². The van der Waals surface area contributed by atoms with E-state index in [1.807, 2.05) is 0 Å². The highest BCUT2D eigenvalue weighted by molar-refractivity contribution is 5.97. The first-order chi connectivity index (χ1) is 8.65. The van der Waals surface area contributed by atoms with E-state index in [1.54, 1.807) is 0 Å². The van der Waals surface area contributed by atoms with E-state index >= 15 is 0 Å². The maximum Gasteiger partial charge on any atom is 0.257 e. The van der Waals surface area contributed by atoms with Crippen LogP contribution in [0.1, 0.15) is 10.4 Å². The van der Waals surface area contributed by atoms with Crippen LogP contribution in [-0.2, 0) is 4.74 Å². The molecule has 1 heterocycles. The molecule has 1 aromatic carbocycles. The number of hydrogen-bond acceptors (Lipinski definition) is 3. The van der Waals surface area contributed by atoms with E-state index in [-0.39, 0.29) is 17.2 Å². The molecule has 1 fully saturated rings. The zero-order valence-corrected chi connectivity index (χ0v) is 9.91. The Morgan fingerprint density at radius 2 is 2.00 bits per heavy atom. The molecule has 0 atom stereocenters. The van der Waals surface area contributed by atoms with E-state index in [9.17, 15) is 13.6 Å². The number of hydrogen-bond donors (Lipinski definition) is 0. The van der Waals surface area contributed by atoms with E-state index in [0.29, 0.717) is 26.3 Å². The van der Waals surface area contributed by atoms with Crippen LogP contribution in [0.4, 0.5) is 8.78 Å². The topological polar surface area (TPSA) is 38.8 Å². The predicted molar refractivity (Wildman–Crippen MR) is 59.6 cm³/mol. The number of amides is 1. The van der Waals surface area contributed by atoms with Gasteiger partial charge in [-0.15, -0.1) is 0 Å². The summed E-state index contributed by atoms with van der Waals surface area (Å²) in [6.07, 6.45) is 0. The number of carbonyl (C=O) groups excluding carboxylic acids is 1. The van der Waals surface area contributed by atoms with Gasteiger partial charge in [-0.1, -0.05) is 0 Å². The van der Waals surface area contributed by atoms with Gasteiger partial charge in [0.25, 0.3) is 5.91 Å². The van der Waals surface area contributed by atoms with Crippen LogP contribution in [0.25, 0.3) is 0 Å². The molecule has 2 rings (SSSR count). The number of morpholine rings is 1. The normalized spacial score (nSPS) is 15.6. The average Bonchev–Trinajstić information content (AvgIpc) is 2.42. The van der Waals surface area contributed by atoms with Gasteiger partial charge in [-0.05, 0) is 12.1 Å². The van der Waals surface area contributed by atoms with Gasteiger partial charge in [0.1, 0.15) is 0 Å². The maximum atomic E-state index is 13.5. The number of nitrogens with zero attached hydrogens (tertiary/aromatic N) is 1. The quantitative estimate of drug-likeness (QED) is 0.804. The van der Waals surface area contributed by atoms with Gasteiger partial charge in [-0.2, -0.15) is 4.39 Å². The van der Waals surface area contributed by atoms with Gasteiger partial charge in [-0.3, -0.25) is 4.79 Å². The third kappa shape index (κ3) is 2.28. The summed E-state index contributed by atoms with van der Waals surface area (Å²) in [6, 6.07) is 2.15. The molecular formula is C12H13F2NO3. The van der Waals surface area contributed by atoms with Crippen molar-refractivity contribution in [3.05, 3.63) is 29.3 Å². The van der Waals surface area contributed by atoms with Crippen molar-refractivity contribution in [3.63, 3.8) is 0 Å². The van der Waals surface area contributed by atoms with Crippen LogP contribution in [0.3, 0.4) is 0 Å². The molecule has 0 spiro atoms. The van der Waals surface area contributed by atoms with Crippen molar-refractivity contribution in [1.29, 1.82) is 0 Å². The van der Waals surface area contributed by atoms with Crippen molar-refractivity contribution >= 4 is 5.91 Å². The molecule has 1 aliphatic heterocycles. The van der Waals surface area contributed by atoms with Crippen LogP contribution in [0, 0.1) is 11.6 Å². The summed E-state index contributed by atoms with van der Waals surface area (Å²) >= 11 is 0. The fourth-order valence-corrected chi connectivity index (χ4v) is 1.84. The van der Waals surface area contributed by atoms with Gasteiger partial charge >= 0.3 is 0 Å². The van der Waals surface area contributed by atoms with Crippen molar-refractivity contribution in [3.8, 4) is 5.75 Å². The first kappa shape index (κ1) is 12.8. The summed E-state index contributed by atoms with van der Waals surface area (Å²) in [6.45, 7) is 1.75. The third-order valence-corrected chi connectivity index (χ3v) is 2.78. The van der Waals surface area contributed by atoms with Gasteiger partial charge < -0.3 is 14.4 Å². The van der Waals surface area contributed by atoms with Crippen LogP contribution < -0.4 is 4.74 Å². The molecule has 0 radical (unpaired) electrons. The highest BCUT2D eigenvalue weighted by atomic mass is 19.2. The number of rotatable bonds is 2. The SMILES string of the molecule is COc1c(C(=O)N2CCOCC2)ccc(F)c1F. The highest BCUT2D eigenvalue weighted by Crippen LogP contribution is 2.26. The Balaban J connectivity index is 2.32. The number of carbonyl (C=O) groups is 1. The highest BCUT2D eigenvalue weighted by Gasteiger charge is 2.24. The molecule has 1 aromatic rings. The molecule has 1 aliphatic rings. The van der Waals surface area contributed by atoms with Crippen molar-refractivity contribution in [1.82, 2.24) is 4.90 Å². The third-order valence-electron chi connectivity index (χ3n) is 2.78. The second-order valence-electron chi connectivity index (χ2n) is 3.85. The van der Waals surface area contributed by atoms with Gasteiger partial charge in [0.15, 0.2) is 11.6 Å². The van der Waals surface area contributed by atoms with Crippen LogP contribution in [-0.4, -0.2) is 44.2 Å². The van der Waals surface area contributed by atoms with E-state index in [4.69, 9.17) is 9.47 Å². The first-order valence-electron chi connectivity index (χ1n) is 5.54. The summed E-state index contributed by atoms with van der Waals surface area (Å²) in [5.74, 6) is -2.91. The first-order valence-corrected chi connectivity index (χ1v) is 5.54. The molecule has 4 nitrogen and oxygen atoms in total. The molecule has 1 saturated heterocycles. The van der Waals surface area contributed by atoms with Crippen molar-refractivity contribution in [2.75, 3.05) is 33.4 Å². The van der Waals surface area contributed by atoms with Crippen LogP contribution in [0.2, 0.25) is 0 Å². The Labute approximate surface area is 103 Å². The minimum absolute atomic E-state index is 0.0262. The van der Waals surface area contributed by atoms with Gasteiger partial charge in [0, 0.05) is 13.1 Å². The fourth-order valence-electron chi connectivity index (χ4n) is 1.84. The van der Waals surface area contributed by atoms with E-state index in [0.717, 1.165) is 6.07 Å². The molecule has 0 aliphatic carbocycles. The van der Waals surface area contributed by atoms with E-state index in [2.05, 4.69) is 0 Å². The summed E-state index contributed by atoms with van der Waals surface area (Å²) < 4.78 is 36.4. The smallest absolute Gasteiger partial charge is 0.257 e. The van der Waals surface area contributed by atoms with Crippen molar-refractivity contribution in [2.45, 2.75) is 0 Å². The number of halogens is 2. The van der Waals surface area contributed by atoms with Crippen molar-refractivity contribution < 1.29 is 23.0 Å². The summed E-state index contributed by atoms with van der Waals surface area (Å²) in [5, 5.41) is 0. The fraction of sp³-hybridized carbons (Fsp3) is 0.417. The summed E-state index contributed by atoms with van der Waals surface area (Å²) in [5.41, 5.74) is 0.0262. The van der Waals surface area contributed by atoms with Gasteiger partial charge in [0.2, 0.25) is 5.82 Å². The lowest BCUT2D eigenvalue weighted by molar-refractivity contribution is 0.0300. The molecule has 6 heteroatoms. The Bertz CT molecular complexity index is 459. The zero-order chi connectivity index (χ0) is 13.1. The molecule has 0 N–H and O–H groups in total.